The molecule has 2 rings (SSSR count). The van der Waals surface area contributed by atoms with E-state index in [1.807, 2.05) is 25.1 Å². The van der Waals surface area contributed by atoms with Gasteiger partial charge in [0.15, 0.2) is 0 Å². The Hall–Kier alpha value is -1.51. The molecule has 0 saturated heterocycles. The molecule has 1 aliphatic rings. The summed E-state index contributed by atoms with van der Waals surface area (Å²) in [6.07, 6.45) is 6.74. The van der Waals surface area contributed by atoms with Gasteiger partial charge < -0.3 is 10.8 Å². The zero-order chi connectivity index (χ0) is 13.8. The number of benzene rings is 1. The summed E-state index contributed by atoms with van der Waals surface area (Å²) in [6.45, 7) is 1.98. The largest absolute Gasteiger partial charge is 0.481 e. The van der Waals surface area contributed by atoms with Crippen molar-refractivity contribution >= 4 is 11.7 Å². The number of aryl methyl sites for hydroxylation is 1. The van der Waals surface area contributed by atoms with E-state index in [0.29, 0.717) is 5.69 Å². The molecule has 3 N–H and O–H groups in total. The van der Waals surface area contributed by atoms with E-state index in [1.54, 1.807) is 0 Å². The van der Waals surface area contributed by atoms with Crippen molar-refractivity contribution in [1.29, 1.82) is 0 Å². The van der Waals surface area contributed by atoms with Crippen LogP contribution in [0.5, 0.6) is 0 Å². The first-order chi connectivity index (χ1) is 9.09. The van der Waals surface area contributed by atoms with Crippen LogP contribution >= 0.6 is 0 Å². The van der Waals surface area contributed by atoms with Gasteiger partial charge in [-0.2, -0.15) is 0 Å². The van der Waals surface area contributed by atoms with Crippen molar-refractivity contribution in [2.45, 2.75) is 51.4 Å². The Bertz CT molecular complexity index is 448. The summed E-state index contributed by atoms with van der Waals surface area (Å²) in [4.78, 5) is 11.7. The fourth-order valence-corrected chi connectivity index (χ4v) is 3.20. The lowest BCUT2D eigenvalue weighted by Gasteiger charge is -2.24. The Morgan fingerprint density at radius 2 is 1.89 bits per heavy atom. The summed E-state index contributed by atoms with van der Waals surface area (Å²) in [5, 5.41) is 9.63. The molecule has 0 spiro atoms. The summed E-state index contributed by atoms with van der Waals surface area (Å²) in [5.41, 5.74) is 8.50. The molecule has 0 radical (unpaired) electrons. The molecule has 0 heterocycles. The second-order valence-corrected chi connectivity index (χ2v) is 5.70. The number of hydrogen-bond donors (Lipinski definition) is 2. The van der Waals surface area contributed by atoms with Crippen molar-refractivity contribution < 1.29 is 9.90 Å². The van der Waals surface area contributed by atoms with Crippen LogP contribution in [-0.4, -0.2) is 11.1 Å². The highest BCUT2D eigenvalue weighted by atomic mass is 16.4. The number of carboxylic acid groups (broad SMARTS) is 1. The molecule has 0 aromatic heterocycles. The number of carbonyl (C=O) groups is 1. The molecule has 19 heavy (non-hydrogen) atoms. The van der Waals surface area contributed by atoms with Crippen LogP contribution < -0.4 is 5.73 Å². The Balaban J connectivity index is 2.33. The molecule has 1 saturated carbocycles. The van der Waals surface area contributed by atoms with Crippen molar-refractivity contribution in [1.82, 2.24) is 0 Å². The van der Waals surface area contributed by atoms with Gasteiger partial charge >= 0.3 is 5.97 Å². The summed E-state index contributed by atoms with van der Waals surface area (Å²) in [7, 11) is 0. The number of nitrogen functional groups attached to an aromatic ring is 1. The van der Waals surface area contributed by atoms with E-state index in [9.17, 15) is 9.90 Å². The minimum Gasteiger partial charge on any atom is -0.481 e. The lowest BCUT2D eigenvalue weighted by atomic mass is 9.80. The smallest absolute Gasteiger partial charge is 0.311 e. The van der Waals surface area contributed by atoms with Crippen LogP contribution in [0, 0.1) is 12.8 Å². The third kappa shape index (κ3) is 3.28. The van der Waals surface area contributed by atoms with Gasteiger partial charge in [0.05, 0.1) is 5.92 Å². The van der Waals surface area contributed by atoms with Gasteiger partial charge in [-0.05, 0) is 37.3 Å². The molecule has 3 nitrogen and oxygen atoms in total. The van der Waals surface area contributed by atoms with Gasteiger partial charge in [0.25, 0.3) is 0 Å². The first kappa shape index (κ1) is 13.9. The van der Waals surface area contributed by atoms with Crippen molar-refractivity contribution in [3.8, 4) is 0 Å². The van der Waals surface area contributed by atoms with Gasteiger partial charge in [0.1, 0.15) is 0 Å². The van der Waals surface area contributed by atoms with Crippen LogP contribution in [0.3, 0.4) is 0 Å². The van der Waals surface area contributed by atoms with E-state index in [0.717, 1.165) is 36.8 Å². The molecule has 1 aliphatic carbocycles. The average Bonchev–Trinajstić information content (AvgIpc) is 2.62. The zero-order valence-corrected chi connectivity index (χ0v) is 11.6. The van der Waals surface area contributed by atoms with Gasteiger partial charge in [0.2, 0.25) is 0 Å². The highest BCUT2D eigenvalue weighted by Crippen LogP contribution is 2.37. The van der Waals surface area contributed by atoms with E-state index >= 15 is 0 Å². The molecule has 104 valence electrons. The maximum Gasteiger partial charge on any atom is 0.311 e. The van der Waals surface area contributed by atoms with Gasteiger partial charge in [-0.25, -0.2) is 0 Å². The molecule has 0 amide bonds. The summed E-state index contributed by atoms with van der Waals surface area (Å²) >= 11 is 0. The summed E-state index contributed by atoms with van der Waals surface area (Å²) in [5.74, 6) is -0.953. The molecule has 1 unspecified atom stereocenters. The van der Waals surface area contributed by atoms with Gasteiger partial charge in [-0.15, -0.1) is 0 Å². The third-order valence-corrected chi connectivity index (χ3v) is 4.21. The number of anilines is 1. The van der Waals surface area contributed by atoms with Crippen molar-refractivity contribution in [3.05, 3.63) is 29.3 Å². The highest BCUT2D eigenvalue weighted by Gasteiger charge is 2.31. The lowest BCUT2D eigenvalue weighted by Crippen LogP contribution is -2.22. The van der Waals surface area contributed by atoms with Crippen LogP contribution in [0.4, 0.5) is 5.69 Å². The maximum absolute atomic E-state index is 11.7. The van der Waals surface area contributed by atoms with E-state index in [-0.39, 0.29) is 5.92 Å². The lowest BCUT2D eigenvalue weighted by molar-refractivity contribution is -0.140. The summed E-state index contributed by atoms with van der Waals surface area (Å²) in [6, 6.07) is 5.71. The van der Waals surface area contributed by atoms with Crippen LogP contribution in [0.2, 0.25) is 0 Å². The fraction of sp³-hybridized carbons (Fsp3) is 0.562. The van der Waals surface area contributed by atoms with Crippen LogP contribution in [0.15, 0.2) is 18.2 Å². The van der Waals surface area contributed by atoms with Crippen molar-refractivity contribution in [3.63, 3.8) is 0 Å². The van der Waals surface area contributed by atoms with Gasteiger partial charge in [-0.1, -0.05) is 43.4 Å². The van der Waals surface area contributed by atoms with Gasteiger partial charge in [0, 0.05) is 5.69 Å². The number of nitrogens with two attached hydrogens (primary N) is 1. The van der Waals surface area contributed by atoms with E-state index in [2.05, 4.69) is 0 Å². The molecule has 1 fully saturated rings. The molecule has 3 heteroatoms. The maximum atomic E-state index is 11.7. The Morgan fingerprint density at radius 1 is 1.26 bits per heavy atom. The topological polar surface area (TPSA) is 63.3 Å². The predicted molar refractivity (Wildman–Crippen MR) is 77.2 cm³/mol. The van der Waals surface area contributed by atoms with E-state index < -0.39 is 11.9 Å². The molecule has 1 atom stereocenters. The average molecular weight is 261 g/mol. The monoisotopic (exact) mass is 261 g/mol. The Labute approximate surface area is 114 Å². The minimum absolute atomic E-state index is 0.226. The molecule has 1 aromatic carbocycles. The van der Waals surface area contributed by atoms with Crippen LogP contribution in [0.1, 0.15) is 55.6 Å². The first-order valence-electron chi connectivity index (χ1n) is 7.18. The fourth-order valence-electron chi connectivity index (χ4n) is 3.20. The second kappa shape index (κ2) is 6.09. The minimum atomic E-state index is -0.732. The number of hydrogen-bond acceptors (Lipinski definition) is 2. The number of aliphatic carboxylic acids is 1. The van der Waals surface area contributed by atoms with E-state index in [4.69, 9.17) is 5.73 Å². The van der Waals surface area contributed by atoms with Crippen molar-refractivity contribution in [2.24, 2.45) is 5.92 Å². The first-order valence-corrected chi connectivity index (χ1v) is 7.18. The molecule has 0 bridgehead atoms. The molecule has 1 aromatic rings. The Morgan fingerprint density at radius 3 is 2.47 bits per heavy atom. The normalized spacial score (nSPS) is 18.8. The second-order valence-electron chi connectivity index (χ2n) is 5.70. The highest BCUT2D eigenvalue weighted by molar-refractivity contribution is 5.79. The molecular weight excluding hydrogens is 238 g/mol. The van der Waals surface area contributed by atoms with E-state index in [1.165, 1.54) is 12.8 Å². The molecular formula is C16H23NO2. The predicted octanol–water partition coefficient (Wildman–Crippen LogP) is 3.72. The van der Waals surface area contributed by atoms with Crippen LogP contribution in [0.25, 0.3) is 0 Å². The van der Waals surface area contributed by atoms with Crippen molar-refractivity contribution in [2.75, 3.05) is 5.73 Å². The quantitative estimate of drug-likeness (QED) is 0.644. The molecule has 0 aliphatic heterocycles. The summed E-state index contributed by atoms with van der Waals surface area (Å²) < 4.78 is 0. The SMILES string of the molecule is Cc1ccc(N)c(C(C(=O)O)C2CCCCCC2)c1. The Kier molecular flexibility index (Phi) is 4.46. The zero-order valence-electron chi connectivity index (χ0n) is 11.6. The van der Waals surface area contributed by atoms with Gasteiger partial charge in [-0.3, -0.25) is 4.79 Å². The van der Waals surface area contributed by atoms with Crippen LogP contribution in [-0.2, 0) is 4.79 Å². The number of rotatable bonds is 3. The third-order valence-electron chi connectivity index (χ3n) is 4.21. The standard InChI is InChI=1S/C16H23NO2/c1-11-8-9-14(17)13(10-11)15(16(18)19)12-6-4-2-3-5-7-12/h8-10,12,15H,2-7,17H2,1H3,(H,18,19). The number of carboxylic acids is 1.